The van der Waals surface area contributed by atoms with Gasteiger partial charge < -0.3 is 14.5 Å². The highest BCUT2D eigenvalue weighted by atomic mass is 16.5. The van der Waals surface area contributed by atoms with E-state index >= 15 is 0 Å². The molecule has 2 rings (SSSR count). The highest BCUT2D eigenvalue weighted by Crippen LogP contribution is 2.17. The van der Waals surface area contributed by atoms with E-state index in [0.717, 1.165) is 25.4 Å². The number of hydrogen-bond acceptors (Lipinski definition) is 4. The number of rotatable bonds is 8. The molecule has 20 heavy (non-hydrogen) atoms. The van der Waals surface area contributed by atoms with Crippen molar-refractivity contribution in [2.24, 2.45) is 0 Å². The maximum absolute atomic E-state index is 5.87. The molecule has 0 saturated heterocycles. The van der Waals surface area contributed by atoms with Crippen molar-refractivity contribution in [3.05, 3.63) is 54.0 Å². The van der Waals surface area contributed by atoms with Gasteiger partial charge in [-0.1, -0.05) is 18.2 Å². The van der Waals surface area contributed by atoms with Gasteiger partial charge in [0.25, 0.3) is 0 Å². The fourth-order valence-corrected chi connectivity index (χ4v) is 2.07. The van der Waals surface area contributed by atoms with Crippen LogP contribution in [0.2, 0.25) is 0 Å². The first-order valence-electron chi connectivity index (χ1n) is 6.84. The molecule has 4 heteroatoms. The predicted molar refractivity (Wildman–Crippen MR) is 79.7 cm³/mol. The van der Waals surface area contributed by atoms with E-state index in [2.05, 4.69) is 23.3 Å². The highest BCUT2D eigenvalue weighted by Gasteiger charge is 2.04. The molecule has 0 aliphatic rings. The van der Waals surface area contributed by atoms with Gasteiger partial charge in [-0.3, -0.25) is 4.90 Å². The first kappa shape index (κ1) is 14.6. The molecule has 1 aromatic heterocycles. The molecule has 1 N–H and O–H groups in total. The second kappa shape index (κ2) is 7.72. The molecule has 0 unspecified atom stereocenters. The Morgan fingerprint density at radius 2 is 2.10 bits per heavy atom. The summed E-state index contributed by atoms with van der Waals surface area (Å²) in [5.41, 5.74) is 2.37. The van der Waals surface area contributed by atoms with Crippen molar-refractivity contribution in [3.63, 3.8) is 0 Å². The Hall–Kier alpha value is -1.78. The minimum atomic E-state index is 0.676. The number of ether oxygens (including phenoxy) is 1. The molecule has 0 atom stereocenters. The van der Waals surface area contributed by atoms with Crippen molar-refractivity contribution in [2.45, 2.75) is 13.1 Å². The average molecular weight is 274 g/mol. The van der Waals surface area contributed by atoms with E-state index in [1.54, 1.807) is 12.5 Å². The number of hydrogen-bond donors (Lipinski definition) is 1. The zero-order valence-corrected chi connectivity index (χ0v) is 12.1. The molecule has 0 spiro atoms. The van der Waals surface area contributed by atoms with E-state index < -0.39 is 0 Å². The predicted octanol–water partition coefficient (Wildman–Crippen LogP) is 2.51. The van der Waals surface area contributed by atoms with Gasteiger partial charge >= 0.3 is 0 Å². The molecular weight excluding hydrogens is 252 g/mol. The fraction of sp³-hybridized carbons (Fsp3) is 0.375. The lowest BCUT2D eigenvalue weighted by atomic mass is 10.2. The lowest BCUT2D eigenvalue weighted by molar-refractivity contribution is 0.231. The van der Waals surface area contributed by atoms with Crippen molar-refractivity contribution in [1.82, 2.24) is 10.2 Å². The number of nitrogens with zero attached hydrogens (tertiary/aromatic N) is 1. The van der Waals surface area contributed by atoms with Crippen LogP contribution in [-0.4, -0.2) is 32.1 Å². The largest absolute Gasteiger partial charge is 0.492 e. The van der Waals surface area contributed by atoms with Crippen LogP contribution < -0.4 is 10.1 Å². The second-order valence-electron chi connectivity index (χ2n) is 4.86. The summed E-state index contributed by atoms with van der Waals surface area (Å²) in [5, 5.41) is 3.15. The first-order valence-corrected chi connectivity index (χ1v) is 6.84. The number of para-hydroxylation sites is 1. The van der Waals surface area contributed by atoms with E-state index in [1.165, 1.54) is 11.1 Å². The lowest BCUT2D eigenvalue weighted by Gasteiger charge is -2.17. The third kappa shape index (κ3) is 4.40. The van der Waals surface area contributed by atoms with Gasteiger partial charge in [-0.05, 0) is 26.2 Å². The molecule has 0 saturated carbocycles. The zero-order valence-electron chi connectivity index (χ0n) is 12.1. The van der Waals surface area contributed by atoms with Crippen LogP contribution in [0.5, 0.6) is 5.75 Å². The van der Waals surface area contributed by atoms with Crippen LogP contribution in [0.1, 0.15) is 11.1 Å². The summed E-state index contributed by atoms with van der Waals surface area (Å²) in [4.78, 5) is 2.21. The Morgan fingerprint density at radius 3 is 2.85 bits per heavy atom. The van der Waals surface area contributed by atoms with Crippen LogP contribution in [0.4, 0.5) is 0 Å². The molecule has 108 valence electrons. The average Bonchev–Trinajstić information content (AvgIpc) is 2.94. The molecule has 0 radical (unpaired) electrons. The van der Waals surface area contributed by atoms with Crippen molar-refractivity contribution >= 4 is 0 Å². The third-order valence-corrected chi connectivity index (χ3v) is 3.10. The number of nitrogens with one attached hydrogen (secondary N) is 1. The Kier molecular flexibility index (Phi) is 5.65. The molecule has 0 fully saturated rings. The standard InChI is InChI=1S/C16H22N2O2/c1-17-11-15-5-3-4-6-16(15)20-10-8-18(2)12-14-7-9-19-13-14/h3-7,9,13,17H,8,10-12H2,1-2H3. The number of furan rings is 1. The quantitative estimate of drug-likeness (QED) is 0.802. The minimum Gasteiger partial charge on any atom is -0.492 e. The third-order valence-electron chi connectivity index (χ3n) is 3.10. The van der Waals surface area contributed by atoms with Crippen LogP contribution in [-0.2, 0) is 13.1 Å². The van der Waals surface area contributed by atoms with E-state index in [1.807, 2.05) is 31.3 Å². The molecule has 2 aromatic rings. The topological polar surface area (TPSA) is 37.6 Å². The second-order valence-corrected chi connectivity index (χ2v) is 4.86. The van der Waals surface area contributed by atoms with E-state index in [4.69, 9.17) is 9.15 Å². The monoisotopic (exact) mass is 274 g/mol. The van der Waals surface area contributed by atoms with Gasteiger partial charge in [-0.25, -0.2) is 0 Å². The van der Waals surface area contributed by atoms with E-state index in [0.29, 0.717) is 6.61 Å². The molecule has 0 aliphatic heterocycles. The van der Waals surface area contributed by atoms with Gasteiger partial charge in [-0.2, -0.15) is 0 Å². The summed E-state index contributed by atoms with van der Waals surface area (Å²) in [6, 6.07) is 10.1. The SMILES string of the molecule is CNCc1ccccc1OCCN(C)Cc1ccoc1. The maximum Gasteiger partial charge on any atom is 0.123 e. The highest BCUT2D eigenvalue weighted by molar-refractivity contribution is 5.33. The summed E-state index contributed by atoms with van der Waals surface area (Å²) in [7, 11) is 4.02. The van der Waals surface area contributed by atoms with Gasteiger partial charge in [0.2, 0.25) is 0 Å². The molecule has 4 nitrogen and oxygen atoms in total. The van der Waals surface area contributed by atoms with Crippen molar-refractivity contribution in [2.75, 3.05) is 27.2 Å². The van der Waals surface area contributed by atoms with Gasteiger partial charge in [-0.15, -0.1) is 0 Å². The zero-order chi connectivity index (χ0) is 14.2. The van der Waals surface area contributed by atoms with Gasteiger partial charge in [0.1, 0.15) is 12.4 Å². The molecule has 1 aromatic carbocycles. The molecular formula is C16H22N2O2. The van der Waals surface area contributed by atoms with Crippen LogP contribution in [0.25, 0.3) is 0 Å². The Balaban J connectivity index is 1.77. The normalized spacial score (nSPS) is 10.9. The molecule has 0 aliphatic carbocycles. The van der Waals surface area contributed by atoms with Crippen LogP contribution in [0, 0.1) is 0 Å². The van der Waals surface area contributed by atoms with Gasteiger partial charge in [0, 0.05) is 30.8 Å². The number of benzene rings is 1. The lowest BCUT2D eigenvalue weighted by Crippen LogP contribution is -2.24. The van der Waals surface area contributed by atoms with E-state index in [9.17, 15) is 0 Å². The molecule has 1 heterocycles. The summed E-state index contributed by atoms with van der Waals surface area (Å²) in [6.07, 6.45) is 3.48. The minimum absolute atomic E-state index is 0.676. The Labute approximate surface area is 120 Å². The van der Waals surface area contributed by atoms with Crippen molar-refractivity contribution < 1.29 is 9.15 Å². The first-order chi connectivity index (χ1) is 9.79. The summed E-state index contributed by atoms with van der Waals surface area (Å²) < 4.78 is 10.9. The van der Waals surface area contributed by atoms with E-state index in [-0.39, 0.29) is 0 Å². The Bertz CT molecular complexity index is 497. The fourth-order valence-electron chi connectivity index (χ4n) is 2.07. The van der Waals surface area contributed by atoms with Crippen LogP contribution >= 0.6 is 0 Å². The van der Waals surface area contributed by atoms with Gasteiger partial charge in [0.15, 0.2) is 0 Å². The maximum atomic E-state index is 5.87. The van der Waals surface area contributed by atoms with Crippen molar-refractivity contribution in [3.8, 4) is 5.75 Å². The smallest absolute Gasteiger partial charge is 0.123 e. The summed E-state index contributed by atoms with van der Waals surface area (Å²) in [5.74, 6) is 0.957. The Morgan fingerprint density at radius 1 is 1.25 bits per heavy atom. The molecule has 0 amide bonds. The summed E-state index contributed by atoms with van der Waals surface area (Å²) in [6.45, 7) is 3.24. The molecule has 0 bridgehead atoms. The summed E-state index contributed by atoms with van der Waals surface area (Å²) >= 11 is 0. The van der Waals surface area contributed by atoms with Crippen molar-refractivity contribution in [1.29, 1.82) is 0 Å². The van der Waals surface area contributed by atoms with Crippen LogP contribution in [0.15, 0.2) is 47.3 Å². The van der Waals surface area contributed by atoms with Crippen LogP contribution in [0.3, 0.4) is 0 Å². The van der Waals surface area contributed by atoms with Gasteiger partial charge in [0.05, 0.1) is 12.5 Å². The number of likely N-dealkylation sites (N-methyl/N-ethyl adjacent to an activating group) is 1.